The highest BCUT2D eigenvalue weighted by Crippen LogP contribution is 2.30. The van der Waals surface area contributed by atoms with Crippen molar-refractivity contribution in [2.24, 2.45) is 0 Å². The Morgan fingerprint density at radius 3 is 0.729 bits per heavy atom. The zero-order valence-electron chi connectivity index (χ0n) is 24.3. The molecule has 0 saturated heterocycles. The molecule has 6 heterocycles. The van der Waals surface area contributed by atoms with Crippen LogP contribution in [0.15, 0.2) is 115 Å². The molecule has 10 aromatic rings. The summed E-state index contributed by atoms with van der Waals surface area (Å²) in [5.41, 5.74) is 4.79. The van der Waals surface area contributed by atoms with Gasteiger partial charge in [-0.25, -0.2) is 39.9 Å². The smallest absolute Gasteiger partial charge is 0.266 e. The average Bonchev–Trinajstić information content (AvgIpc) is 3.94. The van der Waals surface area contributed by atoms with Crippen LogP contribution in [-0.4, -0.2) is 49.8 Å². The van der Waals surface area contributed by atoms with Gasteiger partial charge in [0, 0.05) is 0 Å². The lowest BCUT2D eigenvalue weighted by Crippen LogP contribution is -2.06. The van der Waals surface area contributed by atoms with Crippen molar-refractivity contribution in [3.8, 4) is 58.5 Å². The molecule has 48 heavy (non-hydrogen) atoms. The van der Waals surface area contributed by atoms with E-state index < -0.39 is 0 Å². The number of aromatic nitrogens is 10. The van der Waals surface area contributed by atoms with Crippen molar-refractivity contribution in [1.29, 1.82) is 0 Å². The molecule has 4 aromatic carbocycles. The van der Waals surface area contributed by atoms with Gasteiger partial charge in [-0.05, 0) is 48.5 Å². The molecule has 0 fully saturated rings. The van der Waals surface area contributed by atoms with Crippen molar-refractivity contribution in [3.05, 3.63) is 97.1 Å². The number of rotatable bonds is 5. The zero-order chi connectivity index (χ0) is 31.6. The van der Waals surface area contributed by atoms with E-state index in [1.807, 2.05) is 72.8 Å². The number of hydrogen-bond donors (Lipinski definition) is 0. The summed E-state index contributed by atoms with van der Waals surface area (Å²) in [6.07, 6.45) is 0. The molecule has 0 atom stereocenters. The van der Waals surface area contributed by atoms with Crippen LogP contribution in [0.4, 0.5) is 0 Å². The molecule has 0 unspecified atom stereocenters. The van der Waals surface area contributed by atoms with Crippen LogP contribution in [0, 0.1) is 0 Å². The number of benzene rings is 4. The summed E-state index contributed by atoms with van der Waals surface area (Å²) in [5.74, 6) is 1.18. The minimum Gasteiger partial charge on any atom is -0.434 e. The van der Waals surface area contributed by atoms with Gasteiger partial charge in [0.2, 0.25) is 34.9 Å². The molecule has 0 spiro atoms. The molecule has 0 N–H and O–H groups in total. The Morgan fingerprint density at radius 1 is 0.250 bits per heavy atom. The van der Waals surface area contributed by atoms with Crippen LogP contribution in [0.25, 0.3) is 103 Å². The monoisotopic (exact) mass is 628 g/mol. The number of oxazole rings is 4. The molecule has 6 aromatic heterocycles. The van der Waals surface area contributed by atoms with Crippen molar-refractivity contribution in [3.63, 3.8) is 0 Å². The third-order valence-electron chi connectivity index (χ3n) is 7.41. The van der Waals surface area contributed by atoms with E-state index in [9.17, 15) is 0 Å². The van der Waals surface area contributed by atoms with Crippen LogP contribution >= 0.6 is 0 Å². The first-order valence-electron chi connectivity index (χ1n) is 14.7. The molecule has 14 heteroatoms. The second kappa shape index (κ2) is 10.1. The quantitative estimate of drug-likeness (QED) is 0.191. The van der Waals surface area contributed by atoms with Gasteiger partial charge in [0.05, 0.1) is 0 Å². The van der Waals surface area contributed by atoms with E-state index in [2.05, 4.69) is 29.9 Å². The minimum atomic E-state index is 0.0524. The summed E-state index contributed by atoms with van der Waals surface area (Å²) in [6, 6.07) is 29.4. The Hall–Kier alpha value is -7.22. The second-order valence-corrected chi connectivity index (χ2v) is 10.6. The van der Waals surface area contributed by atoms with E-state index in [1.165, 1.54) is 0 Å². The molecular weight excluding hydrogens is 612 g/mol. The number of nitrogens with zero attached hydrogens (tertiary/aromatic N) is 10. The van der Waals surface area contributed by atoms with Gasteiger partial charge in [-0.15, -0.1) is 0 Å². The maximum atomic E-state index is 6.03. The standard InChI is InChI=1S/C34H16N10O4/c1-5-13-21-17(9-1)35-31(45-21)27-39-25(40-28(43-27)32-36-18-10-2-6-14-22(18)46-32)26-41-29(33-37-19-11-3-7-15-23(19)47-33)44-30(42-26)34-38-20-12-4-8-16-24(20)48-34/h1-16H. The molecule has 14 nitrogen and oxygen atoms in total. The van der Waals surface area contributed by atoms with Gasteiger partial charge in [-0.2, -0.15) is 9.97 Å². The lowest BCUT2D eigenvalue weighted by Gasteiger charge is -2.05. The van der Waals surface area contributed by atoms with Crippen LogP contribution in [0.1, 0.15) is 0 Å². The number of fused-ring (bicyclic) bond motifs is 4. The zero-order valence-corrected chi connectivity index (χ0v) is 24.3. The summed E-state index contributed by atoms with van der Waals surface area (Å²) in [4.78, 5) is 46.5. The molecule has 0 radical (unpaired) electrons. The summed E-state index contributed by atoms with van der Waals surface area (Å²) >= 11 is 0. The Balaban J connectivity index is 1.21. The van der Waals surface area contributed by atoms with E-state index in [-0.39, 0.29) is 58.5 Å². The fraction of sp³-hybridized carbons (Fsp3) is 0. The van der Waals surface area contributed by atoms with Crippen molar-refractivity contribution in [2.75, 3.05) is 0 Å². The fourth-order valence-electron chi connectivity index (χ4n) is 5.21. The van der Waals surface area contributed by atoms with Gasteiger partial charge >= 0.3 is 0 Å². The maximum absolute atomic E-state index is 6.03. The normalized spacial score (nSPS) is 11.8. The minimum absolute atomic E-state index is 0.0524. The molecule has 0 aliphatic rings. The summed E-state index contributed by atoms with van der Waals surface area (Å²) in [7, 11) is 0. The first-order valence-corrected chi connectivity index (χ1v) is 14.7. The van der Waals surface area contributed by atoms with E-state index in [4.69, 9.17) is 37.6 Å². The summed E-state index contributed by atoms with van der Waals surface area (Å²) < 4.78 is 24.1. The molecule has 0 saturated carbocycles. The SMILES string of the molecule is c1ccc2oc(-c3nc(-c4nc(-c5nc6ccccc6o5)nc(-c5nc6ccccc6o5)n4)nc(-c4nc5ccccc5o4)n3)nc2c1. The topological polar surface area (TPSA) is 181 Å². The van der Waals surface area contributed by atoms with Gasteiger partial charge in [0.1, 0.15) is 22.1 Å². The Morgan fingerprint density at radius 2 is 0.479 bits per heavy atom. The van der Waals surface area contributed by atoms with Crippen LogP contribution in [0.5, 0.6) is 0 Å². The summed E-state index contributed by atoms with van der Waals surface area (Å²) in [5, 5.41) is 0. The van der Waals surface area contributed by atoms with Crippen LogP contribution < -0.4 is 0 Å². The van der Waals surface area contributed by atoms with Crippen LogP contribution in [0.3, 0.4) is 0 Å². The van der Waals surface area contributed by atoms with Crippen molar-refractivity contribution >= 4 is 44.4 Å². The van der Waals surface area contributed by atoms with Crippen molar-refractivity contribution in [2.45, 2.75) is 0 Å². The van der Waals surface area contributed by atoms with E-state index in [1.54, 1.807) is 24.3 Å². The van der Waals surface area contributed by atoms with Gasteiger partial charge in [-0.3, -0.25) is 0 Å². The van der Waals surface area contributed by atoms with Gasteiger partial charge < -0.3 is 17.7 Å². The third-order valence-corrected chi connectivity index (χ3v) is 7.41. The van der Waals surface area contributed by atoms with Gasteiger partial charge in [-0.1, -0.05) is 48.5 Å². The van der Waals surface area contributed by atoms with Crippen molar-refractivity contribution < 1.29 is 17.7 Å². The summed E-state index contributed by atoms with van der Waals surface area (Å²) in [6.45, 7) is 0. The Kier molecular flexibility index (Phi) is 5.51. The molecule has 0 aliphatic carbocycles. The second-order valence-electron chi connectivity index (χ2n) is 10.6. The molecule has 0 bridgehead atoms. The van der Waals surface area contributed by atoms with E-state index in [0.29, 0.717) is 44.4 Å². The predicted octanol–water partition coefficient (Wildman–Crippen LogP) is 6.96. The molecule has 226 valence electrons. The first-order chi connectivity index (χ1) is 23.7. The Labute approximate surface area is 267 Å². The Bertz CT molecular complexity index is 2330. The number of hydrogen-bond acceptors (Lipinski definition) is 14. The van der Waals surface area contributed by atoms with Crippen molar-refractivity contribution in [1.82, 2.24) is 49.8 Å². The fourth-order valence-corrected chi connectivity index (χ4v) is 5.21. The number of para-hydroxylation sites is 8. The lowest BCUT2D eigenvalue weighted by atomic mass is 10.3. The highest BCUT2D eigenvalue weighted by atomic mass is 16.4. The third kappa shape index (κ3) is 4.35. The molecule has 0 aliphatic heterocycles. The molecular formula is C34H16N10O4. The van der Waals surface area contributed by atoms with Crippen LogP contribution in [-0.2, 0) is 0 Å². The average molecular weight is 629 g/mol. The van der Waals surface area contributed by atoms with Gasteiger partial charge in [0.25, 0.3) is 23.6 Å². The lowest BCUT2D eigenvalue weighted by molar-refractivity contribution is 0.602. The predicted molar refractivity (Wildman–Crippen MR) is 171 cm³/mol. The van der Waals surface area contributed by atoms with Crippen LogP contribution in [0.2, 0.25) is 0 Å². The molecule has 10 rings (SSSR count). The molecule has 0 amide bonds. The maximum Gasteiger partial charge on any atom is 0.266 e. The highest BCUT2D eigenvalue weighted by molar-refractivity contribution is 5.78. The first kappa shape index (κ1) is 26.0. The largest absolute Gasteiger partial charge is 0.434 e. The van der Waals surface area contributed by atoms with E-state index in [0.717, 1.165) is 0 Å². The highest BCUT2D eigenvalue weighted by Gasteiger charge is 2.24. The van der Waals surface area contributed by atoms with Gasteiger partial charge in [0.15, 0.2) is 22.3 Å². The van der Waals surface area contributed by atoms with E-state index >= 15 is 0 Å².